The summed E-state index contributed by atoms with van der Waals surface area (Å²) in [6.45, 7) is 0.859. The minimum atomic E-state index is -4.22. The fourth-order valence-corrected chi connectivity index (χ4v) is 2.68. The molecule has 1 aromatic carbocycles. The molecule has 0 saturated carbocycles. The number of nitrogens with zero attached hydrogens (tertiary/aromatic N) is 3. The summed E-state index contributed by atoms with van der Waals surface area (Å²) in [5.74, 6) is -2.85. The van der Waals surface area contributed by atoms with Crippen molar-refractivity contribution in [1.82, 2.24) is 19.7 Å². The molecule has 0 saturated heterocycles. The third kappa shape index (κ3) is 3.88. The molecule has 0 aliphatic rings. The van der Waals surface area contributed by atoms with Gasteiger partial charge in [-0.3, -0.25) is 9.59 Å². The Morgan fingerprint density at radius 1 is 1.39 bits per heavy atom. The zero-order valence-electron chi connectivity index (χ0n) is 11.7. The van der Waals surface area contributed by atoms with Crippen LogP contribution in [-0.2, 0) is 21.4 Å². The highest BCUT2D eigenvalue weighted by Gasteiger charge is 2.21. The molecule has 122 valence electrons. The second kappa shape index (κ2) is 6.12. The first kappa shape index (κ1) is 16.5. The van der Waals surface area contributed by atoms with Crippen molar-refractivity contribution in [2.24, 2.45) is 0 Å². The summed E-state index contributed by atoms with van der Waals surface area (Å²) in [6.07, 6.45) is 0.995. The number of hydrogen-bond acceptors (Lipinski definition) is 6. The SMILES string of the molecule is Cc1cc(S(=O)(=O)NC(=O)c2cn(CC(=O)O)nn2)ccc1F. The number of aryl methyl sites for hydroxylation is 1. The molecule has 2 aromatic rings. The lowest BCUT2D eigenvalue weighted by molar-refractivity contribution is -0.137. The molecule has 0 bridgehead atoms. The van der Waals surface area contributed by atoms with Crippen LogP contribution >= 0.6 is 0 Å². The summed E-state index contributed by atoms with van der Waals surface area (Å²) in [6, 6.07) is 3.06. The van der Waals surface area contributed by atoms with Crippen LogP contribution in [0.5, 0.6) is 0 Å². The average molecular weight is 342 g/mol. The van der Waals surface area contributed by atoms with Crippen LogP contribution in [0.2, 0.25) is 0 Å². The topological polar surface area (TPSA) is 131 Å². The van der Waals surface area contributed by atoms with Gasteiger partial charge in [-0.05, 0) is 30.7 Å². The number of benzene rings is 1. The highest BCUT2D eigenvalue weighted by Crippen LogP contribution is 2.14. The largest absolute Gasteiger partial charge is 0.480 e. The van der Waals surface area contributed by atoms with Crippen LogP contribution in [0.4, 0.5) is 4.39 Å². The molecule has 11 heteroatoms. The first-order chi connectivity index (χ1) is 10.7. The fourth-order valence-electron chi connectivity index (χ4n) is 1.64. The van der Waals surface area contributed by atoms with Gasteiger partial charge in [0.25, 0.3) is 15.9 Å². The van der Waals surface area contributed by atoms with E-state index in [0.29, 0.717) is 0 Å². The van der Waals surface area contributed by atoms with Crippen molar-refractivity contribution in [3.63, 3.8) is 0 Å². The molecular weight excluding hydrogens is 331 g/mol. The van der Waals surface area contributed by atoms with E-state index in [1.807, 2.05) is 0 Å². The second-order valence-corrected chi connectivity index (χ2v) is 6.22. The Balaban J connectivity index is 2.19. The van der Waals surface area contributed by atoms with Crippen LogP contribution in [0.1, 0.15) is 16.1 Å². The molecule has 1 amide bonds. The first-order valence-corrected chi connectivity index (χ1v) is 7.62. The van der Waals surface area contributed by atoms with Gasteiger partial charge >= 0.3 is 5.97 Å². The van der Waals surface area contributed by atoms with Gasteiger partial charge in [0.2, 0.25) is 0 Å². The van der Waals surface area contributed by atoms with E-state index in [1.54, 1.807) is 4.72 Å². The highest BCUT2D eigenvalue weighted by atomic mass is 32.2. The third-order valence-electron chi connectivity index (χ3n) is 2.74. The Labute approximate surface area is 129 Å². The maximum Gasteiger partial charge on any atom is 0.325 e. The molecule has 0 atom stereocenters. The molecule has 1 heterocycles. The normalized spacial score (nSPS) is 11.2. The highest BCUT2D eigenvalue weighted by molar-refractivity contribution is 7.90. The van der Waals surface area contributed by atoms with Crippen LogP contribution in [0.15, 0.2) is 29.3 Å². The first-order valence-electron chi connectivity index (χ1n) is 6.14. The number of aromatic nitrogens is 3. The Kier molecular flexibility index (Phi) is 4.40. The molecule has 1 aromatic heterocycles. The van der Waals surface area contributed by atoms with Gasteiger partial charge in [0.05, 0.1) is 11.1 Å². The van der Waals surface area contributed by atoms with Crippen molar-refractivity contribution in [2.75, 3.05) is 0 Å². The molecule has 2 rings (SSSR count). The maximum atomic E-state index is 13.2. The summed E-state index contributed by atoms with van der Waals surface area (Å²) in [5, 5.41) is 15.4. The van der Waals surface area contributed by atoms with E-state index >= 15 is 0 Å². The average Bonchev–Trinajstić information content (AvgIpc) is 2.89. The van der Waals surface area contributed by atoms with E-state index in [4.69, 9.17) is 5.11 Å². The van der Waals surface area contributed by atoms with Gasteiger partial charge in [-0.1, -0.05) is 5.21 Å². The van der Waals surface area contributed by atoms with E-state index in [2.05, 4.69) is 10.3 Å². The number of carbonyl (C=O) groups excluding carboxylic acids is 1. The molecule has 2 N–H and O–H groups in total. The smallest absolute Gasteiger partial charge is 0.325 e. The number of carboxylic acids is 1. The lowest BCUT2D eigenvalue weighted by Crippen LogP contribution is -2.31. The van der Waals surface area contributed by atoms with Crippen LogP contribution in [0, 0.1) is 12.7 Å². The molecule has 0 fully saturated rings. The lowest BCUT2D eigenvalue weighted by atomic mass is 10.2. The summed E-state index contributed by atoms with van der Waals surface area (Å²) in [5.41, 5.74) is -0.263. The van der Waals surface area contributed by atoms with E-state index in [0.717, 1.165) is 29.1 Å². The lowest BCUT2D eigenvalue weighted by Gasteiger charge is -2.06. The van der Waals surface area contributed by atoms with Gasteiger partial charge in [-0.25, -0.2) is 22.2 Å². The fraction of sp³-hybridized carbons (Fsp3) is 0.167. The molecule has 23 heavy (non-hydrogen) atoms. The van der Waals surface area contributed by atoms with Gasteiger partial charge in [0.1, 0.15) is 12.4 Å². The standard InChI is InChI=1S/C12H11FN4O5S/c1-7-4-8(2-3-9(7)13)23(21,22)15-12(20)10-5-17(16-14-10)6-11(18)19/h2-5H,6H2,1H3,(H,15,20)(H,18,19). The summed E-state index contributed by atoms with van der Waals surface area (Å²) < 4.78 is 39.9. The minimum absolute atomic E-state index is 0.104. The third-order valence-corrected chi connectivity index (χ3v) is 4.06. The number of carboxylic acid groups (broad SMARTS) is 1. The van der Waals surface area contributed by atoms with Gasteiger partial charge in [0, 0.05) is 0 Å². The Morgan fingerprint density at radius 2 is 2.09 bits per heavy atom. The number of aliphatic carboxylic acids is 1. The van der Waals surface area contributed by atoms with E-state index < -0.39 is 34.3 Å². The second-order valence-electron chi connectivity index (χ2n) is 4.54. The van der Waals surface area contributed by atoms with E-state index in [1.165, 1.54) is 6.92 Å². The number of amides is 1. The molecule has 0 radical (unpaired) electrons. The van der Waals surface area contributed by atoms with Gasteiger partial charge in [0.15, 0.2) is 5.69 Å². The summed E-state index contributed by atoms with van der Waals surface area (Å²) in [7, 11) is -4.22. The van der Waals surface area contributed by atoms with E-state index in [-0.39, 0.29) is 16.2 Å². The van der Waals surface area contributed by atoms with Crippen molar-refractivity contribution >= 4 is 21.9 Å². The molecule has 0 unspecified atom stereocenters. The van der Waals surface area contributed by atoms with Crippen molar-refractivity contribution in [3.05, 3.63) is 41.5 Å². The predicted octanol–water partition coefficient (Wildman–Crippen LogP) is -0.0711. The number of carbonyl (C=O) groups is 2. The molecule has 9 nitrogen and oxygen atoms in total. The minimum Gasteiger partial charge on any atom is -0.480 e. The van der Waals surface area contributed by atoms with Gasteiger partial charge in [-0.15, -0.1) is 5.10 Å². The number of sulfonamides is 1. The van der Waals surface area contributed by atoms with Gasteiger partial charge < -0.3 is 5.11 Å². The molecule has 0 spiro atoms. The van der Waals surface area contributed by atoms with Crippen molar-refractivity contribution in [3.8, 4) is 0 Å². The monoisotopic (exact) mass is 342 g/mol. The Bertz CT molecular complexity index is 877. The number of hydrogen-bond donors (Lipinski definition) is 2. The molecular formula is C12H11FN4O5S. The van der Waals surface area contributed by atoms with Gasteiger partial charge in [-0.2, -0.15) is 0 Å². The molecule has 0 aliphatic heterocycles. The van der Waals surface area contributed by atoms with Crippen molar-refractivity contribution in [1.29, 1.82) is 0 Å². The number of rotatable bonds is 5. The number of nitrogens with one attached hydrogen (secondary N) is 1. The number of halogens is 1. The van der Waals surface area contributed by atoms with Crippen LogP contribution in [-0.4, -0.2) is 40.4 Å². The quantitative estimate of drug-likeness (QED) is 0.777. The maximum absolute atomic E-state index is 13.2. The Hall–Kier alpha value is -2.82. The van der Waals surface area contributed by atoms with Crippen LogP contribution < -0.4 is 4.72 Å². The zero-order valence-corrected chi connectivity index (χ0v) is 12.5. The van der Waals surface area contributed by atoms with E-state index in [9.17, 15) is 22.4 Å². The van der Waals surface area contributed by atoms with Crippen molar-refractivity contribution in [2.45, 2.75) is 18.4 Å². The predicted molar refractivity (Wildman–Crippen MR) is 73.4 cm³/mol. The van der Waals surface area contributed by atoms with Crippen LogP contribution in [0.3, 0.4) is 0 Å². The van der Waals surface area contributed by atoms with Crippen molar-refractivity contribution < 1.29 is 27.5 Å². The summed E-state index contributed by atoms with van der Waals surface area (Å²) >= 11 is 0. The zero-order chi connectivity index (χ0) is 17.2. The van der Waals surface area contributed by atoms with Crippen LogP contribution in [0.25, 0.3) is 0 Å². The molecule has 0 aliphatic carbocycles. The Morgan fingerprint density at radius 3 is 2.70 bits per heavy atom. The summed E-state index contributed by atoms with van der Waals surface area (Å²) in [4.78, 5) is 22.1.